The van der Waals surface area contributed by atoms with Gasteiger partial charge in [-0.15, -0.1) is 0 Å². The number of nitrogens with one attached hydrogen (secondary N) is 1. The molecule has 1 saturated heterocycles. The third-order valence-corrected chi connectivity index (χ3v) is 4.40. The molecule has 1 heterocycles. The van der Waals surface area contributed by atoms with Crippen LogP contribution < -0.4 is 11.1 Å². The van der Waals surface area contributed by atoms with E-state index >= 15 is 0 Å². The lowest BCUT2D eigenvalue weighted by atomic mass is 9.76. The molecule has 0 saturated carbocycles. The van der Waals surface area contributed by atoms with E-state index in [0.29, 0.717) is 6.42 Å². The molecule has 1 aliphatic carbocycles. The van der Waals surface area contributed by atoms with Gasteiger partial charge in [0.1, 0.15) is 11.6 Å². The summed E-state index contributed by atoms with van der Waals surface area (Å²) in [6, 6.07) is 6.10. The highest BCUT2D eigenvalue weighted by molar-refractivity contribution is 6.10. The number of nitrogens with zero attached hydrogens (tertiary/aromatic N) is 1. The summed E-state index contributed by atoms with van der Waals surface area (Å²) in [7, 11) is 0. The average molecular weight is 287 g/mol. The van der Waals surface area contributed by atoms with Gasteiger partial charge in [0.25, 0.3) is 5.91 Å². The van der Waals surface area contributed by atoms with Crippen LogP contribution in [0.5, 0.6) is 0 Å². The lowest BCUT2D eigenvalue weighted by Gasteiger charge is -2.33. The second-order valence-corrected chi connectivity index (χ2v) is 5.60. The molecule has 2 aliphatic rings. The number of primary amides is 1. The number of aryl methyl sites for hydroxylation is 1. The Labute approximate surface area is 122 Å². The van der Waals surface area contributed by atoms with Crippen molar-refractivity contribution in [2.24, 2.45) is 5.73 Å². The first-order valence-electron chi connectivity index (χ1n) is 7.01. The fraction of sp³-hybridized carbons (Fsp3) is 0.400. The third kappa shape index (κ3) is 1.82. The summed E-state index contributed by atoms with van der Waals surface area (Å²) in [5, 5.41) is 2.79. The Kier molecular flexibility index (Phi) is 2.97. The first-order chi connectivity index (χ1) is 9.97. The van der Waals surface area contributed by atoms with Gasteiger partial charge in [-0.25, -0.2) is 9.69 Å². The Morgan fingerprint density at radius 3 is 2.81 bits per heavy atom. The van der Waals surface area contributed by atoms with Crippen LogP contribution in [0.1, 0.15) is 30.9 Å². The lowest BCUT2D eigenvalue weighted by molar-refractivity contribution is -0.137. The van der Waals surface area contributed by atoms with Gasteiger partial charge >= 0.3 is 6.03 Å². The quantitative estimate of drug-likeness (QED) is 0.782. The third-order valence-electron chi connectivity index (χ3n) is 4.40. The van der Waals surface area contributed by atoms with Crippen LogP contribution in [0.15, 0.2) is 24.3 Å². The summed E-state index contributed by atoms with van der Waals surface area (Å²) in [5.74, 6) is -1.08. The molecule has 4 amide bonds. The Morgan fingerprint density at radius 1 is 1.38 bits per heavy atom. The van der Waals surface area contributed by atoms with E-state index in [4.69, 9.17) is 5.73 Å². The molecule has 3 rings (SSSR count). The van der Waals surface area contributed by atoms with Crippen molar-refractivity contribution in [3.63, 3.8) is 0 Å². The molecule has 3 N–H and O–H groups in total. The van der Waals surface area contributed by atoms with Gasteiger partial charge in [-0.3, -0.25) is 9.59 Å². The van der Waals surface area contributed by atoms with Crippen LogP contribution in [0.2, 0.25) is 0 Å². The van der Waals surface area contributed by atoms with E-state index in [1.54, 1.807) is 0 Å². The first-order valence-corrected chi connectivity index (χ1v) is 7.01. The number of carbonyl (C=O) groups is 3. The Hall–Kier alpha value is -2.37. The van der Waals surface area contributed by atoms with E-state index in [1.807, 2.05) is 24.3 Å². The van der Waals surface area contributed by atoms with Crippen LogP contribution in [0.25, 0.3) is 0 Å². The number of fused-ring (bicyclic) bond motifs is 2. The maximum atomic E-state index is 12.8. The summed E-state index contributed by atoms with van der Waals surface area (Å²) in [6.45, 7) is 1.47. The zero-order valence-corrected chi connectivity index (χ0v) is 11.8. The summed E-state index contributed by atoms with van der Waals surface area (Å²) in [6.07, 6.45) is 2.23. The molecule has 0 bridgehead atoms. The molecule has 2 atom stereocenters. The normalized spacial score (nSPS) is 25.7. The van der Waals surface area contributed by atoms with E-state index < -0.39 is 23.5 Å². The van der Waals surface area contributed by atoms with Gasteiger partial charge in [-0.05, 0) is 37.3 Å². The van der Waals surface area contributed by atoms with Crippen molar-refractivity contribution >= 4 is 17.8 Å². The fourth-order valence-electron chi connectivity index (χ4n) is 3.26. The highest BCUT2D eigenvalue weighted by Gasteiger charge is 2.55. The molecule has 1 aromatic carbocycles. The van der Waals surface area contributed by atoms with Crippen molar-refractivity contribution in [3.8, 4) is 0 Å². The minimum Gasteiger partial charge on any atom is -0.368 e. The number of hydrogen-bond donors (Lipinski definition) is 2. The second-order valence-electron chi connectivity index (χ2n) is 5.60. The Bertz CT molecular complexity index is 643. The van der Waals surface area contributed by atoms with Crippen molar-refractivity contribution in [3.05, 3.63) is 35.4 Å². The van der Waals surface area contributed by atoms with Gasteiger partial charge in [-0.2, -0.15) is 0 Å². The Morgan fingerprint density at radius 2 is 2.10 bits per heavy atom. The number of rotatable bonds is 2. The number of amides is 4. The van der Waals surface area contributed by atoms with Gasteiger partial charge < -0.3 is 11.1 Å². The topological polar surface area (TPSA) is 92.5 Å². The van der Waals surface area contributed by atoms with Crippen LogP contribution in [0.4, 0.5) is 4.79 Å². The molecule has 0 aromatic heterocycles. The molecule has 21 heavy (non-hydrogen) atoms. The van der Waals surface area contributed by atoms with E-state index in [2.05, 4.69) is 5.32 Å². The molecule has 6 nitrogen and oxygen atoms in total. The van der Waals surface area contributed by atoms with Crippen LogP contribution in [-0.4, -0.2) is 28.8 Å². The summed E-state index contributed by atoms with van der Waals surface area (Å²) in [5.41, 5.74) is 6.08. The molecule has 110 valence electrons. The summed E-state index contributed by atoms with van der Waals surface area (Å²) in [4.78, 5) is 37.3. The predicted molar refractivity (Wildman–Crippen MR) is 75.1 cm³/mol. The number of hydrogen-bond acceptors (Lipinski definition) is 3. The van der Waals surface area contributed by atoms with Crippen molar-refractivity contribution in [1.29, 1.82) is 0 Å². The van der Waals surface area contributed by atoms with Crippen LogP contribution in [0, 0.1) is 0 Å². The minimum atomic E-state index is -1.05. The summed E-state index contributed by atoms with van der Waals surface area (Å²) < 4.78 is 0. The molecular weight excluding hydrogens is 270 g/mol. The van der Waals surface area contributed by atoms with Gasteiger partial charge in [0, 0.05) is 0 Å². The molecule has 1 spiro atoms. The van der Waals surface area contributed by atoms with E-state index in [-0.39, 0.29) is 5.91 Å². The van der Waals surface area contributed by atoms with Crippen molar-refractivity contribution in [2.45, 2.75) is 37.8 Å². The lowest BCUT2D eigenvalue weighted by Crippen LogP contribution is -2.49. The standard InChI is InChI=1S/C15H17N3O3/c1-9(12(16)19)18-13(20)15(17-14(18)21)8-4-6-10-5-2-3-7-11(10)15/h2-3,5,7,9H,4,6,8H2,1H3,(H2,16,19)(H,17,21)/t9-,15+/m0/s1. The average Bonchev–Trinajstić information content (AvgIpc) is 2.70. The van der Waals surface area contributed by atoms with Gasteiger partial charge in [0.2, 0.25) is 5.91 Å². The minimum absolute atomic E-state index is 0.383. The molecule has 1 fully saturated rings. The second kappa shape index (κ2) is 4.58. The highest BCUT2D eigenvalue weighted by atomic mass is 16.2. The van der Waals surface area contributed by atoms with Gasteiger partial charge in [0.05, 0.1) is 0 Å². The molecular formula is C15H17N3O3. The van der Waals surface area contributed by atoms with Crippen LogP contribution in [-0.2, 0) is 21.5 Å². The predicted octanol–water partition coefficient (Wildman–Crippen LogP) is 0.644. The molecule has 6 heteroatoms. The SMILES string of the molecule is C[C@@H](C(N)=O)N1C(=O)N[C@@]2(CCCc3ccccc32)C1=O. The zero-order chi connectivity index (χ0) is 15.2. The van der Waals surface area contributed by atoms with Crippen molar-refractivity contribution in [1.82, 2.24) is 10.2 Å². The molecule has 0 unspecified atom stereocenters. The number of benzene rings is 1. The van der Waals surface area contributed by atoms with Crippen LogP contribution >= 0.6 is 0 Å². The number of carbonyl (C=O) groups excluding carboxylic acids is 3. The smallest absolute Gasteiger partial charge is 0.326 e. The molecule has 1 aliphatic heterocycles. The van der Waals surface area contributed by atoms with Crippen molar-refractivity contribution < 1.29 is 14.4 Å². The van der Waals surface area contributed by atoms with Crippen LogP contribution in [0.3, 0.4) is 0 Å². The zero-order valence-electron chi connectivity index (χ0n) is 11.8. The molecule has 0 radical (unpaired) electrons. The number of nitrogens with two attached hydrogens (primary N) is 1. The maximum Gasteiger partial charge on any atom is 0.326 e. The van der Waals surface area contributed by atoms with Gasteiger partial charge in [0.15, 0.2) is 0 Å². The highest BCUT2D eigenvalue weighted by Crippen LogP contribution is 2.40. The van der Waals surface area contributed by atoms with E-state index in [9.17, 15) is 14.4 Å². The number of imide groups is 1. The largest absolute Gasteiger partial charge is 0.368 e. The Balaban J connectivity index is 2.07. The summed E-state index contributed by atoms with van der Waals surface area (Å²) >= 11 is 0. The van der Waals surface area contributed by atoms with Gasteiger partial charge in [-0.1, -0.05) is 24.3 Å². The monoisotopic (exact) mass is 287 g/mol. The van der Waals surface area contributed by atoms with E-state index in [1.165, 1.54) is 6.92 Å². The van der Waals surface area contributed by atoms with E-state index in [0.717, 1.165) is 28.9 Å². The fourth-order valence-corrected chi connectivity index (χ4v) is 3.26. The van der Waals surface area contributed by atoms with Crippen molar-refractivity contribution in [2.75, 3.05) is 0 Å². The first kappa shape index (κ1) is 13.6. The maximum absolute atomic E-state index is 12.8. The number of urea groups is 1. The molecule has 1 aromatic rings.